The molecule has 0 aliphatic carbocycles. The minimum atomic E-state index is -0.916. The third-order valence-electron chi connectivity index (χ3n) is 2.16. The number of carbonyl (C=O) groups is 2. The molecule has 0 aliphatic rings. The van der Waals surface area contributed by atoms with Gasteiger partial charge in [-0.3, -0.25) is 4.79 Å². The standard InChI is InChI=1S/C9H12O.C5H8O3/c10-8-4-7-9-5-2-1-3-6-9;1-4(6)2-3-5(7)8/h1-3,5-6,10H,4,7-8H2;2-3H2,1H3,(H,7,8). The number of aliphatic hydroxyl groups excluding tert-OH is 1. The largest absolute Gasteiger partial charge is 0.481 e. The lowest BCUT2D eigenvalue weighted by atomic mass is 10.1. The van der Waals surface area contributed by atoms with Gasteiger partial charge in [0.05, 0.1) is 6.42 Å². The first kappa shape index (κ1) is 16.3. The molecule has 0 saturated carbocycles. The van der Waals surface area contributed by atoms with E-state index in [0.717, 1.165) is 12.8 Å². The van der Waals surface area contributed by atoms with Crippen LogP contribution >= 0.6 is 0 Å². The lowest BCUT2D eigenvalue weighted by Gasteiger charge is -1.96. The molecule has 0 aromatic heterocycles. The second-order valence-electron chi connectivity index (χ2n) is 3.91. The average molecular weight is 252 g/mol. The predicted octanol–water partition coefficient (Wildman–Crippen LogP) is 2.05. The Labute approximate surface area is 107 Å². The molecule has 4 heteroatoms. The van der Waals surface area contributed by atoms with Crippen molar-refractivity contribution in [3.05, 3.63) is 35.9 Å². The lowest BCUT2D eigenvalue weighted by molar-refractivity contribution is -0.138. The van der Waals surface area contributed by atoms with Crippen molar-refractivity contribution in [2.24, 2.45) is 0 Å². The summed E-state index contributed by atoms with van der Waals surface area (Å²) in [6, 6.07) is 10.2. The molecule has 4 nitrogen and oxygen atoms in total. The van der Waals surface area contributed by atoms with Crippen molar-refractivity contribution < 1.29 is 19.8 Å². The molecule has 0 spiro atoms. The molecule has 0 heterocycles. The Morgan fingerprint density at radius 2 is 1.72 bits per heavy atom. The van der Waals surface area contributed by atoms with Crippen LogP contribution in [0, 0.1) is 0 Å². The summed E-state index contributed by atoms with van der Waals surface area (Å²) < 4.78 is 0. The van der Waals surface area contributed by atoms with E-state index < -0.39 is 5.97 Å². The number of aliphatic carboxylic acids is 1. The first-order valence-electron chi connectivity index (χ1n) is 5.92. The Morgan fingerprint density at radius 3 is 2.11 bits per heavy atom. The van der Waals surface area contributed by atoms with Crippen LogP contribution in [0.5, 0.6) is 0 Å². The van der Waals surface area contributed by atoms with Crippen molar-refractivity contribution in [3.8, 4) is 0 Å². The van der Waals surface area contributed by atoms with Crippen LogP contribution in [0.15, 0.2) is 30.3 Å². The van der Waals surface area contributed by atoms with E-state index in [4.69, 9.17) is 10.2 Å². The van der Waals surface area contributed by atoms with Crippen LogP contribution in [0.3, 0.4) is 0 Å². The number of benzene rings is 1. The molecule has 1 aromatic carbocycles. The fourth-order valence-corrected chi connectivity index (χ4v) is 1.21. The fraction of sp³-hybridized carbons (Fsp3) is 0.429. The summed E-state index contributed by atoms with van der Waals surface area (Å²) in [6.45, 7) is 1.66. The monoisotopic (exact) mass is 252 g/mol. The van der Waals surface area contributed by atoms with Crippen molar-refractivity contribution in [1.82, 2.24) is 0 Å². The van der Waals surface area contributed by atoms with Crippen LogP contribution in [0.2, 0.25) is 0 Å². The SMILES string of the molecule is CC(=O)CCC(=O)O.OCCCc1ccccc1. The highest BCUT2D eigenvalue weighted by atomic mass is 16.4. The van der Waals surface area contributed by atoms with Crippen molar-refractivity contribution in [3.63, 3.8) is 0 Å². The maximum absolute atomic E-state index is 10.1. The molecule has 0 saturated heterocycles. The molecule has 1 aromatic rings. The first-order chi connectivity index (χ1) is 8.56. The maximum atomic E-state index is 10.1. The van der Waals surface area contributed by atoms with Gasteiger partial charge in [0.15, 0.2) is 0 Å². The number of rotatable bonds is 6. The summed E-state index contributed by atoms with van der Waals surface area (Å²) in [7, 11) is 0. The zero-order valence-electron chi connectivity index (χ0n) is 10.6. The molecular formula is C14H20O4. The predicted molar refractivity (Wildman–Crippen MR) is 69.4 cm³/mol. The molecule has 18 heavy (non-hydrogen) atoms. The molecule has 0 radical (unpaired) electrons. The van der Waals surface area contributed by atoms with E-state index in [0.29, 0.717) is 0 Å². The molecule has 1 rings (SSSR count). The molecule has 100 valence electrons. The Kier molecular flexibility index (Phi) is 9.50. The topological polar surface area (TPSA) is 74.6 Å². The van der Waals surface area contributed by atoms with Crippen LogP contribution in [0.1, 0.15) is 31.7 Å². The number of aliphatic hydroxyl groups is 1. The Hall–Kier alpha value is -1.68. The third-order valence-corrected chi connectivity index (χ3v) is 2.16. The summed E-state index contributed by atoms with van der Waals surface area (Å²) >= 11 is 0. The van der Waals surface area contributed by atoms with Gasteiger partial charge in [-0.25, -0.2) is 0 Å². The fourth-order valence-electron chi connectivity index (χ4n) is 1.21. The molecule has 2 N–H and O–H groups in total. The molecule has 0 bridgehead atoms. The van der Waals surface area contributed by atoms with Crippen molar-refractivity contribution in [1.29, 1.82) is 0 Å². The van der Waals surface area contributed by atoms with Gasteiger partial charge in [0.2, 0.25) is 0 Å². The van der Waals surface area contributed by atoms with Gasteiger partial charge >= 0.3 is 5.97 Å². The van der Waals surface area contributed by atoms with E-state index in [-0.39, 0.29) is 25.2 Å². The number of ketones is 1. The smallest absolute Gasteiger partial charge is 0.303 e. The number of carboxylic acid groups (broad SMARTS) is 1. The van der Waals surface area contributed by atoms with Gasteiger partial charge in [0.1, 0.15) is 5.78 Å². The van der Waals surface area contributed by atoms with Gasteiger partial charge in [-0.05, 0) is 25.3 Å². The molecule has 0 unspecified atom stereocenters. The minimum Gasteiger partial charge on any atom is -0.481 e. The number of aryl methyl sites for hydroxylation is 1. The van der Waals surface area contributed by atoms with Gasteiger partial charge in [-0.1, -0.05) is 30.3 Å². The number of carbonyl (C=O) groups excluding carboxylic acids is 1. The molecule has 0 fully saturated rings. The summed E-state index contributed by atoms with van der Waals surface area (Å²) in [5, 5.41) is 16.5. The van der Waals surface area contributed by atoms with Crippen molar-refractivity contribution >= 4 is 11.8 Å². The summed E-state index contributed by atoms with van der Waals surface area (Å²) in [5.74, 6) is -0.993. The number of hydrogen-bond acceptors (Lipinski definition) is 3. The molecular weight excluding hydrogens is 232 g/mol. The van der Waals surface area contributed by atoms with Gasteiger partial charge in [-0.15, -0.1) is 0 Å². The second-order valence-corrected chi connectivity index (χ2v) is 3.91. The highest BCUT2D eigenvalue weighted by molar-refractivity contribution is 5.80. The van der Waals surface area contributed by atoms with Crippen molar-refractivity contribution in [2.45, 2.75) is 32.6 Å². The maximum Gasteiger partial charge on any atom is 0.303 e. The molecule has 0 atom stereocenters. The second kappa shape index (κ2) is 10.5. The summed E-state index contributed by atoms with van der Waals surface area (Å²) in [5.41, 5.74) is 1.30. The van der Waals surface area contributed by atoms with E-state index in [1.54, 1.807) is 0 Å². The highest BCUT2D eigenvalue weighted by Gasteiger charge is 1.97. The van der Waals surface area contributed by atoms with Crippen LogP contribution < -0.4 is 0 Å². The van der Waals surface area contributed by atoms with Crippen LogP contribution in [-0.4, -0.2) is 28.6 Å². The third kappa shape index (κ3) is 10.8. The number of hydrogen-bond donors (Lipinski definition) is 2. The van der Waals surface area contributed by atoms with Gasteiger partial charge in [0.25, 0.3) is 0 Å². The lowest BCUT2D eigenvalue weighted by Crippen LogP contribution is -1.98. The van der Waals surface area contributed by atoms with Crippen LogP contribution in [0.25, 0.3) is 0 Å². The number of Topliss-reactive ketones (excluding diaryl/α,β-unsaturated/α-hetero) is 1. The minimum absolute atomic E-state index is 0.0463. The average Bonchev–Trinajstić information content (AvgIpc) is 2.36. The van der Waals surface area contributed by atoms with E-state index in [2.05, 4.69) is 12.1 Å². The highest BCUT2D eigenvalue weighted by Crippen LogP contribution is 2.00. The van der Waals surface area contributed by atoms with E-state index in [1.165, 1.54) is 12.5 Å². The van der Waals surface area contributed by atoms with E-state index >= 15 is 0 Å². The Balaban J connectivity index is 0.000000331. The van der Waals surface area contributed by atoms with Crippen LogP contribution in [0.4, 0.5) is 0 Å². The van der Waals surface area contributed by atoms with Gasteiger partial charge in [0, 0.05) is 13.0 Å². The molecule has 0 aliphatic heterocycles. The summed E-state index contributed by atoms with van der Waals surface area (Å²) in [4.78, 5) is 19.8. The Morgan fingerprint density at radius 1 is 1.11 bits per heavy atom. The zero-order chi connectivity index (χ0) is 13.8. The van der Waals surface area contributed by atoms with Crippen LogP contribution in [-0.2, 0) is 16.0 Å². The van der Waals surface area contributed by atoms with E-state index in [9.17, 15) is 9.59 Å². The summed E-state index contributed by atoms with van der Waals surface area (Å²) in [6.07, 6.45) is 1.95. The van der Waals surface area contributed by atoms with Crippen molar-refractivity contribution in [2.75, 3.05) is 6.61 Å². The normalized spacial score (nSPS) is 9.22. The van der Waals surface area contributed by atoms with Gasteiger partial charge < -0.3 is 15.0 Å². The quantitative estimate of drug-likeness (QED) is 0.812. The van der Waals surface area contributed by atoms with E-state index in [1.807, 2.05) is 18.2 Å². The molecule has 0 amide bonds. The number of carboxylic acids is 1. The van der Waals surface area contributed by atoms with Gasteiger partial charge in [-0.2, -0.15) is 0 Å². The zero-order valence-corrected chi connectivity index (χ0v) is 10.6. The Bertz CT molecular complexity index is 332. The first-order valence-corrected chi connectivity index (χ1v) is 5.92.